The highest BCUT2D eigenvalue weighted by molar-refractivity contribution is 5.87. The van der Waals surface area contributed by atoms with Crippen LogP contribution in [-0.2, 0) is 20.9 Å². The zero-order chi connectivity index (χ0) is 19.4. The molecule has 0 spiro atoms. The zero-order valence-corrected chi connectivity index (χ0v) is 14.9. The van der Waals surface area contributed by atoms with Crippen molar-refractivity contribution < 1.29 is 23.8 Å². The van der Waals surface area contributed by atoms with E-state index in [1.54, 1.807) is 13.0 Å². The Morgan fingerprint density at radius 2 is 2.11 bits per heavy atom. The molecule has 1 fully saturated rings. The quantitative estimate of drug-likeness (QED) is 0.417. The van der Waals surface area contributed by atoms with Gasteiger partial charge < -0.3 is 9.26 Å². The van der Waals surface area contributed by atoms with Crippen molar-refractivity contribution in [2.75, 3.05) is 6.54 Å². The van der Waals surface area contributed by atoms with Crippen molar-refractivity contribution in [2.45, 2.75) is 26.4 Å². The van der Waals surface area contributed by atoms with Gasteiger partial charge in [-0.15, -0.1) is 0 Å². The monoisotopic (exact) mass is 372 g/mol. The number of carbonyl (C=O) groups is 2. The van der Waals surface area contributed by atoms with Gasteiger partial charge in [-0.05, 0) is 5.92 Å². The van der Waals surface area contributed by atoms with Crippen molar-refractivity contribution in [1.82, 2.24) is 5.16 Å². The van der Waals surface area contributed by atoms with Crippen molar-refractivity contribution in [1.29, 1.82) is 0 Å². The van der Waals surface area contributed by atoms with E-state index in [1.165, 1.54) is 0 Å². The molecule has 0 radical (unpaired) electrons. The van der Waals surface area contributed by atoms with Gasteiger partial charge in [-0.3, -0.25) is 19.7 Å². The number of ketones is 1. The third-order valence-corrected chi connectivity index (χ3v) is 4.93. The number of carbonyl (C=O) groups excluding carboxylic acids is 2. The van der Waals surface area contributed by atoms with Gasteiger partial charge in [0.1, 0.15) is 18.1 Å². The van der Waals surface area contributed by atoms with Crippen molar-refractivity contribution in [3.63, 3.8) is 0 Å². The molecule has 0 saturated heterocycles. The van der Waals surface area contributed by atoms with Crippen LogP contribution in [0.1, 0.15) is 25.5 Å². The van der Waals surface area contributed by atoms with Gasteiger partial charge >= 0.3 is 5.97 Å². The van der Waals surface area contributed by atoms with Crippen LogP contribution >= 0.6 is 0 Å². The average Bonchev–Trinajstić information content (AvgIpc) is 3.21. The molecule has 3 rings (SSSR count). The third-order valence-electron chi connectivity index (χ3n) is 4.93. The molecule has 0 bridgehead atoms. The smallest absolute Gasteiger partial charge is 0.306 e. The lowest BCUT2D eigenvalue weighted by Crippen LogP contribution is -2.27. The first-order valence-corrected chi connectivity index (χ1v) is 8.75. The molecular formula is C19H20N2O6. The number of rotatable bonds is 7. The van der Waals surface area contributed by atoms with Gasteiger partial charge in [0.25, 0.3) is 0 Å². The van der Waals surface area contributed by atoms with Gasteiger partial charge in [-0.1, -0.05) is 42.4 Å². The molecule has 1 aliphatic carbocycles. The van der Waals surface area contributed by atoms with Gasteiger partial charge in [-0.2, -0.15) is 0 Å². The van der Waals surface area contributed by atoms with E-state index >= 15 is 0 Å². The van der Waals surface area contributed by atoms with Crippen molar-refractivity contribution >= 4 is 11.8 Å². The number of hydrogen-bond acceptors (Lipinski definition) is 7. The lowest BCUT2D eigenvalue weighted by Gasteiger charge is -2.16. The molecule has 1 saturated carbocycles. The molecule has 3 atom stereocenters. The maximum atomic E-state index is 12.1. The molecule has 2 aromatic rings. The summed E-state index contributed by atoms with van der Waals surface area (Å²) < 4.78 is 10.4. The summed E-state index contributed by atoms with van der Waals surface area (Å²) in [6.07, 6.45) is 0.116. The topological polar surface area (TPSA) is 113 Å². The third kappa shape index (κ3) is 4.58. The number of benzene rings is 1. The summed E-state index contributed by atoms with van der Waals surface area (Å²) in [5, 5.41) is 14.7. The SMILES string of the molecule is C[C@H]1CC(=O)[C@@H](CC(=O)OCc2cc(-c3ccccc3)on2)[C@@H]1C[N+](=O)[O-]. The fourth-order valence-corrected chi connectivity index (χ4v) is 3.51. The molecule has 1 aromatic carbocycles. The summed E-state index contributed by atoms with van der Waals surface area (Å²) in [5.41, 5.74) is 1.31. The number of Topliss-reactive ketones (excluding diaryl/α,β-unsaturated/α-hetero) is 1. The van der Waals surface area contributed by atoms with Crippen LogP contribution in [0, 0.1) is 27.9 Å². The van der Waals surface area contributed by atoms with E-state index in [2.05, 4.69) is 5.16 Å². The minimum absolute atomic E-state index is 0.0778. The second kappa shape index (κ2) is 8.11. The highest BCUT2D eigenvalue weighted by atomic mass is 16.6. The Balaban J connectivity index is 1.56. The van der Waals surface area contributed by atoms with Gasteiger partial charge in [-0.25, -0.2) is 0 Å². The predicted octanol–water partition coefficient (Wildman–Crippen LogP) is 2.89. The van der Waals surface area contributed by atoms with Gasteiger partial charge in [0, 0.05) is 34.8 Å². The maximum absolute atomic E-state index is 12.1. The Morgan fingerprint density at radius 3 is 2.81 bits per heavy atom. The van der Waals surface area contributed by atoms with Gasteiger partial charge in [0.15, 0.2) is 5.76 Å². The molecule has 1 aliphatic rings. The Labute approximate surface area is 155 Å². The normalized spacial score (nSPS) is 22.0. The van der Waals surface area contributed by atoms with Crippen LogP contribution in [0.15, 0.2) is 40.9 Å². The van der Waals surface area contributed by atoms with Crippen molar-refractivity contribution in [3.8, 4) is 11.3 Å². The maximum Gasteiger partial charge on any atom is 0.306 e. The van der Waals surface area contributed by atoms with Crippen LogP contribution in [0.5, 0.6) is 0 Å². The van der Waals surface area contributed by atoms with E-state index in [-0.39, 0.29) is 37.7 Å². The number of aromatic nitrogens is 1. The largest absolute Gasteiger partial charge is 0.459 e. The number of ether oxygens (including phenoxy) is 1. The minimum atomic E-state index is -0.657. The van der Waals surface area contributed by atoms with E-state index in [0.717, 1.165) is 5.56 Å². The summed E-state index contributed by atoms with van der Waals surface area (Å²) >= 11 is 0. The number of nitrogens with zero attached hydrogens (tertiary/aromatic N) is 2. The molecule has 0 unspecified atom stereocenters. The van der Waals surface area contributed by atoms with E-state index in [1.807, 2.05) is 30.3 Å². The number of nitro groups is 1. The standard InChI is InChI=1S/C19H20N2O6/c1-12-7-17(22)15(16(12)10-21(24)25)9-19(23)26-11-14-8-18(27-20-14)13-5-3-2-4-6-13/h2-6,8,12,15-16H,7,9-11H2,1H3/t12-,15-,16+/m0/s1. The fraction of sp³-hybridized carbons (Fsp3) is 0.421. The van der Waals surface area contributed by atoms with Crippen LogP contribution in [0.25, 0.3) is 11.3 Å². The second-order valence-corrected chi connectivity index (χ2v) is 6.85. The van der Waals surface area contributed by atoms with Crippen molar-refractivity contribution in [3.05, 3.63) is 52.2 Å². The Kier molecular flexibility index (Phi) is 5.63. The van der Waals surface area contributed by atoms with Gasteiger partial charge in [0.05, 0.1) is 6.42 Å². The van der Waals surface area contributed by atoms with Crippen LogP contribution < -0.4 is 0 Å². The van der Waals surface area contributed by atoms with E-state index < -0.39 is 22.7 Å². The van der Waals surface area contributed by atoms with Crippen molar-refractivity contribution in [2.24, 2.45) is 17.8 Å². The zero-order valence-electron chi connectivity index (χ0n) is 14.9. The lowest BCUT2D eigenvalue weighted by atomic mass is 9.88. The Bertz CT molecular complexity index is 832. The molecule has 0 amide bonds. The molecule has 0 aliphatic heterocycles. The summed E-state index contributed by atoms with van der Waals surface area (Å²) in [6.45, 7) is 1.41. The van der Waals surface area contributed by atoms with Crippen LogP contribution in [0.2, 0.25) is 0 Å². The van der Waals surface area contributed by atoms with Crippen LogP contribution in [0.4, 0.5) is 0 Å². The molecule has 1 aromatic heterocycles. The highest BCUT2D eigenvalue weighted by Crippen LogP contribution is 2.36. The van der Waals surface area contributed by atoms with Crippen LogP contribution in [0.3, 0.4) is 0 Å². The first kappa shape index (κ1) is 18.8. The highest BCUT2D eigenvalue weighted by Gasteiger charge is 2.44. The summed E-state index contributed by atoms with van der Waals surface area (Å²) in [7, 11) is 0. The molecule has 142 valence electrons. The minimum Gasteiger partial charge on any atom is -0.459 e. The Morgan fingerprint density at radius 1 is 1.37 bits per heavy atom. The molecule has 1 heterocycles. The van der Waals surface area contributed by atoms with Gasteiger partial charge in [0.2, 0.25) is 6.54 Å². The molecule has 27 heavy (non-hydrogen) atoms. The Hall–Kier alpha value is -3.03. The van der Waals surface area contributed by atoms with E-state index in [4.69, 9.17) is 9.26 Å². The van der Waals surface area contributed by atoms with E-state index in [9.17, 15) is 19.7 Å². The molecule has 8 heteroatoms. The molecule has 0 N–H and O–H groups in total. The molecule has 8 nitrogen and oxygen atoms in total. The summed E-state index contributed by atoms with van der Waals surface area (Å²) in [4.78, 5) is 34.6. The second-order valence-electron chi connectivity index (χ2n) is 6.85. The fourth-order valence-electron chi connectivity index (χ4n) is 3.51. The van der Waals surface area contributed by atoms with E-state index in [0.29, 0.717) is 11.5 Å². The average molecular weight is 372 g/mol. The summed E-state index contributed by atoms with van der Waals surface area (Å²) in [6, 6.07) is 11.1. The number of hydrogen-bond donors (Lipinski definition) is 0. The first-order valence-electron chi connectivity index (χ1n) is 8.75. The lowest BCUT2D eigenvalue weighted by molar-refractivity contribution is -0.490. The number of esters is 1. The molecular weight excluding hydrogens is 352 g/mol. The summed E-state index contributed by atoms with van der Waals surface area (Å²) in [5.74, 6) is -1.32. The predicted molar refractivity (Wildman–Crippen MR) is 94.0 cm³/mol. The first-order chi connectivity index (χ1) is 12.9. The van der Waals surface area contributed by atoms with Crippen LogP contribution in [-0.4, -0.2) is 28.4 Å².